The first-order valence-electron chi connectivity index (χ1n) is 6.56. The summed E-state index contributed by atoms with van der Waals surface area (Å²) in [4.78, 5) is 16.6. The number of benzene rings is 1. The molecule has 2 aromatic rings. The molecule has 0 saturated carbocycles. The molecular weight excluding hydrogens is 270 g/mol. The molecule has 0 spiro atoms. The Morgan fingerprint density at radius 2 is 1.75 bits per heavy atom. The van der Waals surface area contributed by atoms with Gasteiger partial charge in [-0.05, 0) is 57.4 Å². The Hall–Kier alpha value is -1.55. The van der Waals surface area contributed by atoms with Crippen LogP contribution in [-0.4, -0.2) is 16.5 Å². The number of carbonyl (C=O) groups excluding carboxylic acids is 1. The second-order valence-electron chi connectivity index (χ2n) is 5.08. The van der Waals surface area contributed by atoms with Crippen LogP contribution in [0.2, 0.25) is 0 Å². The van der Waals surface area contributed by atoms with E-state index in [1.54, 1.807) is 0 Å². The minimum absolute atomic E-state index is 0.115. The molecule has 0 saturated heterocycles. The molecule has 0 N–H and O–H groups in total. The average Bonchev–Trinajstić information content (AvgIpc) is 2.70. The number of carbonyl (C=O) groups is 1. The highest BCUT2D eigenvalue weighted by molar-refractivity contribution is 7.99. The quantitative estimate of drug-likeness (QED) is 0.625. The summed E-state index contributed by atoms with van der Waals surface area (Å²) in [6.45, 7) is 9.84. The Bertz CT molecular complexity index is 639. The molecule has 0 amide bonds. The molecule has 0 aliphatic carbocycles. The molecule has 3 nitrogen and oxygen atoms in total. The topological polar surface area (TPSA) is 43.1 Å². The van der Waals surface area contributed by atoms with Crippen LogP contribution in [0, 0.1) is 34.6 Å². The van der Waals surface area contributed by atoms with E-state index < -0.39 is 0 Å². The summed E-state index contributed by atoms with van der Waals surface area (Å²) in [5.74, 6) is 1.27. The van der Waals surface area contributed by atoms with E-state index in [0.717, 1.165) is 28.1 Å². The van der Waals surface area contributed by atoms with E-state index >= 15 is 0 Å². The van der Waals surface area contributed by atoms with Crippen LogP contribution < -0.4 is 0 Å². The summed E-state index contributed by atoms with van der Waals surface area (Å²) in [6, 6.07) is 4.03. The lowest BCUT2D eigenvalue weighted by Gasteiger charge is -2.08. The molecule has 0 atom stereocenters. The number of aromatic nitrogens is 1. The van der Waals surface area contributed by atoms with Crippen molar-refractivity contribution in [3.63, 3.8) is 0 Å². The van der Waals surface area contributed by atoms with E-state index in [2.05, 4.69) is 18.0 Å². The second-order valence-corrected chi connectivity index (χ2v) is 6.01. The largest absolute Gasteiger partial charge is 0.437 e. The van der Waals surface area contributed by atoms with E-state index in [0.29, 0.717) is 11.0 Å². The Labute approximate surface area is 123 Å². The second kappa shape index (κ2) is 5.83. The molecular formula is C16H19NO2S. The average molecular weight is 289 g/mol. The lowest BCUT2D eigenvalue weighted by molar-refractivity contribution is 0.102. The van der Waals surface area contributed by atoms with Crippen LogP contribution in [0.15, 0.2) is 21.8 Å². The third-order valence-electron chi connectivity index (χ3n) is 3.48. The number of thioether (sulfide) groups is 1. The Morgan fingerprint density at radius 3 is 2.35 bits per heavy atom. The molecule has 0 aliphatic heterocycles. The SMILES string of the molecule is Cc1cc(C)c(C(=O)CSc2nc(C)c(C)o2)cc1C. The summed E-state index contributed by atoms with van der Waals surface area (Å²) in [5, 5.41) is 0.565. The van der Waals surface area contributed by atoms with E-state index in [-0.39, 0.29) is 5.78 Å². The number of Topliss-reactive ketones (excluding diaryl/α,β-unsaturated/α-hetero) is 1. The number of ketones is 1. The van der Waals surface area contributed by atoms with Crippen LogP contribution in [0.25, 0.3) is 0 Å². The van der Waals surface area contributed by atoms with Crippen molar-refractivity contribution < 1.29 is 9.21 Å². The highest BCUT2D eigenvalue weighted by atomic mass is 32.2. The first kappa shape index (κ1) is 14.9. The van der Waals surface area contributed by atoms with Crippen LogP contribution >= 0.6 is 11.8 Å². The number of hydrogen-bond acceptors (Lipinski definition) is 4. The standard InChI is InChI=1S/C16H19NO2S/c1-9-6-11(3)14(7-10(9)2)15(18)8-20-16-17-12(4)13(5)19-16/h6-7H,8H2,1-5H3. The monoisotopic (exact) mass is 289 g/mol. The fourth-order valence-corrected chi connectivity index (χ4v) is 2.77. The van der Waals surface area contributed by atoms with Gasteiger partial charge >= 0.3 is 0 Å². The molecule has 4 heteroatoms. The van der Waals surface area contributed by atoms with Crippen molar-refractivity contribution in [2.24, 2.45) is 0 Å². The number of aryl methyl sites for hydroxylation is 5. The van der Waals surface area contributed by atoms with E-state index in [1.165, 1.54) is 17.3 Å². The zero-order valence-electron chi connectivity index (χ0n) is 12.5. The van der Waals surface area contributed by atoms with Gasteiger partial charge in [0.15, 0.2) is 5.78 Å². The Morgan fingerprint density at radius 1 is 1.10 bits per heavy atom. The molecule has 0 bridgehead atoms. The van der Waals surface area contributed by atoms with Gasteiger partial charge in [0.1, 0.15) is 5.76 Å². The Balaban J connectivity index is 2.11. The first-order chi connectivity index (χ1) is 9.38. The fraction of sp³-hybridized carbons (Fsp3) is 0.375. The van der Waals surface area contributed by atoms with E-state index in [9.17, 15) is 4.79 Å². The number of rotatable bonds is 4. The minimum Gasteiger partial charge on any atom is -0.437 e. The smallest absolute Gasteiger partial charge is 0.256 e. The third-order valence-corrected chi connectivity index (χ3v) is 4.30. The molecule has 1 aromatic carbocycles. The molecule has 0 radical (unpaired) electrons. The van der Waals surface area contributed by atoms with E-state index in [1.807, 2.05) is 33.8 Å². The van der Waals surface area contributed by atoms with Crippen LogP contribution in [0.1, 0.15) is 38.5 Å². The molecule has 1 aromatic heterocycles. The van der Waals surface area contributed by atoms with Crippen molar-refractivity contribution in [3.05, 3.63) is 45.8 Å². The summed E-state index contributed by atoms with van der Waals surface area (Å²) >= 11 is 1.35. The maximum absolute atomic E-state index is 12.3. The molecule has 0 fully saturated rings. The maximum atomic E-state index is 12.3. The predicted octanol–water partition coefficient (Wildman–Crippen LogP) is 4.19. The minimum atomic E-state index is 0.115. The highest BCUT2D eigenvalue weighted by Gasteiger charge is 2.13. The summed E-state index contributed by atoms with van der Waals surface area (Å²) in [6.07, 6.45) is 0. The number of hydrogen-bond donors (Lipinski definition) is 0. The summed E-state index contributed by atoms with van der Waals surface area (Å²) in [7, 11) is 0. The number of nitrogens with zero attached hydrogens (tertiary/aromatic N) is 1. The van der Waals surface area contributed by atoms with E-state index in [4.69, 9.17) is 4.42 Å². The normalized spacial score (nSPS) is 10.8. The fourth-order valence-electron chi connectivity index (χ4n) is 1.97. The van der Waals surface area contributed by atoms with Crippen LogP contribution in [0.4, 0.5) is 0 Å². The summed E-state index contributed by atoms with van der Waals surface area (Å²) in [5.41, 5.74) is 5.05. The van der Waals surface area contributed by atoms with Crippen molar-refractivity contribution >= 4 is 17.5 Å². The van der Waals surface area contributed by atoms with Gasteiger partial charge in [-0.2, -0.15) is 0 Å². The van der Waals surface area contributed by atoms with Crippen LogP contribution in [0.3, 0.4) is 0 Å². The molecule has 0 aliphatic rings. The lowest BCUT2D eigenvalue weighted by Crippen LogP contribution is -2.06. The molecule has 1 heterocycles. The van der Waals surface area contributed by atoms with Gasteiger partial charge in [0.2, 0.25) is 0 Å². The maximum Gasteiger partial charge on any atom is 0.256 e. The third kappa shape index (κ3) is 3.12. The van der Waals surface area contributed by atoms with Gasteiger partial charge < -0.3 is 4.42 Å². The van der Waals surface area contributed by atoms with Crippen molar-refractivity contribution in [2.45, 2.75) is 39.8 Å². The Kier molecular flexibility index (Phi) is 4.33. The van der Waals surface area contributed by atoms with Gasteiger partial charge in [0.25, 0.3) is 5.22 Å². The van der Waals surface area contributed by atoms with Gasteiger partial charge in [-0.15, -0.1) is 0 Å². The molecule has 0 unspecified atom stereocenters. The zero-order chi connectivity index (χ0) is 14.9. The predicted molar refractivity (Wildman–Crippen MR) is 81.7 cm³/mol. The zero-order valence-corrected chi connectivity index (χ0v) is 13.4. The van der Waals surface area contributed by atoms with Crippen molar-refractivity contribution in [1.29, 1.82) is 0 Å². The molecule has 2 rings (SSSR count). The summed E-state index contributed by atoms with van der Waals surface area (Å²) < 4.78 is 5.47. The molecule has 20 heavy (non-hydrogen) atoms. The van der Waals surface area contributed by atoms with Crippen molar-refractivity contribution in [3.8, 4) is 0 Å². The van der Waals surface area contributed by atoms with Gasteiger partial charge in [0.05, 0.1) is 11.4 Å². The highest BCUT2D eigenvalue weighted by Crippen LogP contribution is 2.23. The van der Waals surface area contributed by atoms with Gasteiger partial charge in [0, 0.05) is 5.56 Å². The van der Waals surface area contributed by atoms with Crippen molar-refractivity contribution in [2.75, 3.05) is 5.75 Å². The first-order valence-corrected chi connectivity index (χ1v) is 7.55. The van der Waals surface area contributed by atoms with Gasteiger partial charge in [-0.3, -0.25) is 4.79 Å². The lowest BCUT2D eigenvalue weighted by atomic mass is 9.99. The van der Waals surface area contributed by atoms with Crippen LogP contribution in [0.5, 0.6) is 0 Å². The van der Waals surface area contributed by atoms with Crippen LogP contribution in [-0.2, 0) is 0 Å². The van der Waals surface area contributed by atoms with Gasteiger partial charge in [-0.1, -0.05) is 17.8 Å². The van der Waals surface area contributed by atoms with Crippen molar-refractivity contribution in [1.82, 2.24) is 4.98 Å². The van der Waals surface area contributed by atoms with Gasteiger partial charge in [-0.25, -0.2) is 4.98 Å². The number of oxazole rings is 1. The molecule has 106 valence electrons.